The van der Waals surface area contributed by atoms with Gasteiger partial charge in [0.05, 0.1) is 11.5 Å². The standard InChI is InChI=1S/C10H16O4.Na/c1-4-5-6-7-8(11)13-10(2,3)14-9(7)12;/h11H,4-6H2,1-3H3;/q;+1/p-1. The third kappa shape index (κ3) is 4.05. The van der Waals surface area contributed by atoms with Crippen LogP contribution < -0.4 is 34.7 Å². The van der Waals surface area contributed by atoms with Gasteiger partial charge in [0.15, 0.2) is 5.79 Å². The van der Waals surface area contributed by atoms with Crippen LogP contribution in [0.5, 0.6) is 0 Å². The van der Waals surface area contributed by atoms with Crippen molar-refractivity contribution in [3.8, 4) is 0 Å². The molecule has 0 aromatic carbocycles. The van der Waals surface area contributed by atoms with Crippen LogP contribution in [0.15, 0.2) is 11.5 Å². The molecule has 0 N–H and O–H groups in total. The zero-order valence-electron chi connectivity index (χ0n) is 9.75. The average Bonchev–Trinajstić information content (AvgIpc) is 2.00. The van der Waals surface area contributed by atoms with Crippen molar-refractivity contribution in [2.45, 2.75) is 45.8 Å². The van der Waals surface area contributed by atoms with Gasteiger partial charge in [-0.05, 0) is 26.7 Å². The SMILES string of the molecule is CCCCC1=C([O-])OC(C)(C)OC1=O.[Na+]. The van der Waals surface area contributed by atoms with Gasteiger partial charge in [0.2, 0.25) is 0 Å². The van der Waals surface area contributed by atoms with Gasteiger partial charge in [-0.15, -0.1) is 0 Å². The first kappa shape index (κ1) is 14.8. The topological polar surface area (TPSA) is 58.6 Å². The van der Waals surface area contributed by atoms with E-state index < -0.39 is 17.7 Å². The quantitative estimate of drug-likeness (QED) is 0.412. The van der Waals surface area contributed by atoms with E-state index in [1.165, 1.54) is 0 Å². The van der Waals surface area contributed by atoms with Gasteiger partial charge in [-0.1, -0.05) is 13.3 Å². The number of carbonyl (C=O) groups excluding carboxylic acids is 1. The number of unbranched alkanes of at least 4 members (excludes halogenated alkanes) is 1. The molecule has 0 unspecified atom stereocenters. The molecule has 0 saturated carbocycles. The second-order valence-electron chi connectivity index (χ2n) is 3.76. The van der Waals surface area contributed by atoms with E-state index in [9.17, 15) is 9.90 Å². The molecule has 0 aromatic heterocycles. The molecule has 1 rings (SSSR count). The van der Waals surface area contributed by atoms with Crippen LogP contribution in [-0.4, -0.2) is 11.8 Å². The van der Waals surface area contributed by atoms with Gasteiger partial charge in [0.1, 0.15) is 0 Å². The summed E-state index contributed by atoms with van der Waals surface area (Å²) < 4.78 is 9.87. The third-order valence-corrected chi connectivity index (χ3v) is 1.95. The van der Waals surface area contributed by atoms with E-state index in [0.29, 0.717) is 6.42 Å². The minimum atomic E-state index is -1.12. The molecule has 1 heterocycles. The van der Waals surface area contributed by atoms with Gasteiger partial charge in [0, 0.05) is 0 Å². The van der Waals surface area contributed by atoms with Gasteiger partial charge in [-0.25, -0.2) is 4.79 Å². The summed E-state index contributed by atoms with van der Waals surface area (Å²) in [6.45, 7) is 5.07. The minimum absolute atomic E-state index is 0. The first-order valence-corrected chi connectivity index (χ1v) is 4.79. The van der Waals surface area contributed by atoms with Crippen molar-refractivity contribution >= 4 is 5.97 Å². The number of hydrogen-bond donors (Lipinski definition) is 0. The predicted octanol–water partition coefficient (Wildman–Crippen LogP) is -1.94. The number of esters is 1. The normalized spacial score (nSPS) is 19.0. The molecule has 0 spiro atoms. The van der Waals surface area contributed by atoms with E-state index in [1.54, 1.807) is 13.8 Å². The molecule has 0 bridgehead atoms. The largest absolute Gasteiger partial charge is 1.00 e. The van der Waals surface area contributed by atoms with E-state index in [2.05, 4.69) is 0 Å². The van der Waals surface area contributed by atoms with Crippen molar-refractivity contribution in [3.63, 3.8) is 0 Å². The van der Waals surface area contributed by atoms with Gasteiger partial charge < -0.3 is 14.6 Å². The molecule has 0 aromatic rings. The van der Waals surface area contributed by atoms with Crippen LogP contribution in [0, 0.1) is 0 Å². The molecule has 15 heavy (non-hydrogen) atoms. The molecule has 0 aliphatic carbocycles. The zero-order chi connectivity index (χ0) is 10.8. The maximum atomic E-state index is 11.4. The maximum absolute atomic E-state index is 11.4. The summed E-state index contributed by atoms with van der Waals surface area (Å²) in [6.07, 6.45) is 2.15. The number of rotatable bonds is 3. The second kappa shape index (κ2) is 5.77. The van der Waals surface area contributed by atoms with Crippen molar-refractivity contribution < 1.29 is 48.9 Å². The number of ether oxygens (including phenoxy) is 2. The molecular weight excluding hydrogens is 207 g/mol. The molecule has 0 atom stereocenters. The van der Waals surface area contributed by atoms with Crippen LogP contribution in [0.2, 0.25) is 0 Å². The van der Waals surface area contributed by atoms with Crippen LogP contribution in [0.1, 0.15) is 40.0 Å². The molecule has 0 saturated heterocycles. The van der Waals surface area contributed by atoms with Crippen molar-refractivity contribution in [3.05, 3.63) is 11.5 Å². The Morgan fingerprint density at radius 1 is 1.33 bits per heavy atom. The Kier molecular flexibility index (Phi) is 5.70. The Labute approximate surface area is 112 Å². The van der Waals surface area contributed by atoms with Gasteiger partial charge >= 0.3 is 35.5 Å². The van der Waals surface area contributed by atoms with Crippen LogP contribution >= 0.6 is 0 Å². The predicted molar refractivity (Wildman–Crippen MR) is 47.8 cm³/mol. The monoisotopic (exact) mass is 222 g/mol. The molecule has 5 heteroatoms. The molecule has 1 aliphatic rings. The van der Waals surface area contributed by atoms with Gasteiger partial charge in [0.25, 0.3) is 0 Å². The van der Waals surface area contributed by atoms with Crippen LogP contribution in [-0.2, 0) is 14.3 Å². The van der Waals surface area contributed by atoms with Gasteiger partial charge in [-0.2, -0.15) is 0 Å². The molecule has 4 nitrogen and oxygen atoms in total. The number of hydrogen-bond acceptors (Lipinski definition) is 4. The summed E-state index contributed by atoms with van der Waals surface area (Å²) in [6, 6.07) is 0. The number of cyclic esters (lactones) is 1. The Morgan fingerprint density at radius 3 is 2.40 bits per heavy atom. The molecular formula is C10H15NaO4. The van der Waals surface area contributed by atoms with E-state index >= 15 is 0 Å². The Balaban J connectivity index is 0.00000196. The van der Waals surface area contributed by atoms with E-state index in [-0.39, 0.29) is 35.1 Å². The summed E-state index contributed by atoms with van der Waals surface area (Å²) in [4.78, 5) is 11.4. The van der Waals surface area contributed by atoms with E-state index in [1.807, 2.05) is 6.92 Å². The van der Waals surface area contributed by atoms with Crippen LogP contribution in [0.25, 0.3) is 0 Å². The Hall–Kier alpha value is -0.190. The summed E-state index contributed by atoms with van der Waals surface area (Å²) in [5.41, 5.74) is 0.131. The first-order chi connectivity index (χ1) is 6.46. The summed E-state index contributed by atoms with van der Waals surface area (Å²) in [5, 5.41) is 11.4. The second-order valence-corrected chi connectivity index (χ2v) is 3.76. The summed E-state index contributed by atoms with van der Waals surface area (Å²) >= 11 is 0. The van der Waals surface area contributed by atoms with E-state index in [0.717, 1.165) is 12.8 Å². The molecule has 0 radical (unpaired) electrons. The van der Waals surface area contributed by atoms with Gasteiger partial charge in [-0.3, -0.25) is 0 Å². The zero-order valence-corrected chi connectivity index (χ0v) is 11.8. The fourth-order valence-electron chi connectivity index (χ4n) is 1.23. The summed E-state index contributed by atoms with van der Waals surface area (Å²) in [7, 11) is 0. The van der Waals surface area contributed by atoms with Crippen molar-refractivity contribution in [2.75, 3.05) is 0 Å². The molecule has 0 fully saturated rings. The van der Waals surface area contributed by atoms with E-state index in [4.69, 9.17) is 9.47 Å². The molecule has 80 valence electrons. The molecule has 0 amide bonds. The Morgan fingerprint density at radius 2 is 1.93 bits per heavy atom. The van der Waals surface area contributed by atoms with Crippen molar-refractivity contribution in [2.24, 2.45) is 0 Å². The fourth-order valence-corrected chi connectivity index (χ4v) is 1.23. The first-order valence-electron chi connectivity index (χ1n) is 4.79. The third-order valence-electron chi connectivity index (χ3n) is 1.95. The smallest absolute Gasteiger partial charge is 0.575 e. The fraction of sp³-hybridized carbons (Fsp3) is 0.700. The average molecular weight is 222 g/mol. The van der Waals surface area contributed by atoms with Crippen LogP contribution in [0.4, 0.5) is 0 Å². The van der Waals surface area contributed by atoms with Crippen LogP contribution in [0.3, 0.4) is 0 Å². The maximum Gasteiger partial charge on any atom is 1.00 e. The summed E-state index contributed by atoms with van der Waals surface area (Å²) in [5.74, 6) is -2.21. The minimum Gasteiger partial charge on any atom is -0.575 e. The molecule has 1 aliphatic heterocycles. The van der Waals surface area contributed by atoms with Crippen molar-refractivity contribution in [1.82, 2.24) is 0 Å². The number of carbonyl (C=O) groups is 1. The Bertz CT molecular complexity index is 271. The van der Waals surface area contributed by atoms with Crippen molar-refractivity contribution in [1.29, 1.82) is 0 Å².